The number of nitrogens with one attached hydrogen (secondary N) is 1. The second kappa shape index (κ2) is 9.25. The van der Waals surface area contributed by atoms with Crippen molar-refractivity contribution >= 4 is 34.3 Å². The van der Waals surface area contributed by atoms with Crippen molar-refractivity contribution in [3.05, 3.63) is 90.3 Å². The fourth-order valence-corrected chi connectivity index (χ4v) is 3.01. The van der Waals surface area contributed by atoms with Crippen LogP contribution in [-0.4, -0.2) is 11.6 Å². The van der Waals surface area contributed by atoms with Gasteiger partial charge in [0.1, 0.15) is 5.75 Å². The number of thiocarbonyl (C=S) groups is 1. The Labute approximate surface area is 172 Å². The third kappa shape index (κ3) is 5.14. The van der Waals surface area contributed by atoms with Gasteiger partial charge in [0.05, 0.1) is 0 Å². The number of ether oxygens (including phenoxy) is 1. The highest BCUT2D eigenvalue weighted by molar-refractivity contribution is 7.81. The number of hydrogen-bond donors (Lipinski definition) is 1. The minimum atomic E-state index is -2.93. The first-order valence-electron chi connectivity index (χ1n) is 8.76. The van der Waals surface area contributed by atoms with Crippen LogP contribution in [0.15, 0.2) is 79.1 Å². The molecular formula is C22H18F2N2O2S. The van der Waals surface area contributed by atoms with E-state index in [0.717, 1.165) is 11.3 Å². The molecule has 2 aromatic carbocycles. The van der Waals surface area contributed by atoms with Crippen molar-refractivity contribution in [2.75, 3.05) is 5.32 Å². The van der Waals surface area contributed by atoms with Gasteiger partial charge in [0, 0.05) is 17.8 Å². The molecule has 148 valence electrons. The Bertz CT molecular complexity index is 1020. The first kappa shape index (κ1) is 20.4. The number of rotatable bonds is 6. The Morgan fingerprint density at radius 2 is 1.66 bits per heavy atom. The normalized spacial score (nSPS) is 11.7. The molecule has 3 aromatic rings. The van der Waals surface area contributed by atoms with Crippen molar-refractivity contribution in [1.29, 1.82) is 0 Å². The summed E-state index contributed by atoms with van der Waals surface area (Å²) in [6.07, 6.45) is 3.43. The molecule has 0 aliphatic carbocycles. The summed E-state index contributed by atoms with van der Waals surface area (Å²) in [6.45, 7) is -0.992. The van der Waals surface area contributed by atoms with E-state index in [1.807, 2.05) is 37.3 Å². The van der Waals surface area contributed by atoms with Crippen LogP contribution in [0.4, 0.5) is 14.5 Å². The highest BCUT2D eigenvalue weighted by atomic mass is 32.1. The monoisotopic (exact) mass is 412 g/mol. The number of alkyl halides is 2. The number of hydrogen-bond acceptors (Lipinski definition) is 3. The lowest BCUT2D eigenvalue weighted by Crippen LogP contribution is -2.39. The quantitative estimate of drug-likeness (QED) is 0.288. The second-order valence-electron chi connectivity index (χ2n) is 6.13. The van der Waals surface area contributed by atoms with Crippen molar-refractivity contribution in [3.63, 3.8) is 0 Å². The van der Waals surface area contributed by atoms with Crippen molar-refractivity contribution < 1.29 is 23.2 Å². The van der Waals surface area contributed by atoms with Crippen LogP contribution < -0.4 is 19.7 Å². The van der Waals surface area contributed by atoms with Gasteiger partial charge in [-0.25, -0.2) is 0 Å². The Balaban J connectivity index is 2.00. The molecule has 0 unspecified atom stereocenters. The largest absolute Gasteiger partial charge is 0.867 e. The van der Waals surface area contributed by atoms with Gasteiger partial charge in [0.15, 0.2) is 17.4 Å². The molecule has 1 N–H and O–H groups in total. The third-order valence-corrected chi connectivity index (χ3v) is 4.43. The molecule has 0 amide bonds. The average Bonchev–Trinajstić information content (AvgIpc) is 2.71. The Kier molecular flexibility index (Phi) is 6.51. The van der Waals surface area contributed by atoms with Crippen LogP contribution in [0.25, 0.3) is 11.5 Å². The maximum atomic E-state index is 13.2. The number of nitrogens with zero attached hydrogens (tertiary/aromatic N) is 1. The van der Waals surface area contributed by atoms with Gasteiger partial charge >= 0.3 is 6.61 Å². The number of halogens is 2. The molecule has 0 fully saturated rings. The van der Waals surface area contributed by atoms with Crippen molar-refractivity contribution in [3.8, 4) is 5.75 Å². The lowest BCUT2D eigenvalue weighted by molar-refractivity contribution is -0.577. The second-order valence-corrected chi connectivity index (χ2v) is 6.54. The van der Waals surface area contributed by atoms with Crippen molar-refractivity contribution in [2.45, 2.75) is 13.5 Å². The molecule has 7 heteroatoms. The lowest BCUT2D eigenvalue weighted by atomic mass is 10.1. The number of aromatic nitrogens is 1. The first-order valence-corrected chi connectivity index (χ1v) is 9.16. The van der Waals surface area contributed by atoms with Crippen LogP contribution in [-0.2, 0) is 0 Å². The van der Waals surface area contributed by atoms with Crippen LogP contribution in [0.5, 0.6) is 5.75 Å². The highest BCUT2D eigenvalue weighted by Gasteiger charge is 2.19. The zero-order valence-corrected chi connectivity index (χ0v) is 16.3. The summed E-state index contributed by atoms with van der Waals surface area (Å²) in [4.78, 5) is 0.244. The summed E-state index contributed by atoms with van der Waals surface area (Å²) in [5.41, 5.74) is 2.31. The highest BCUT2D eigenvalue weighted by Crippen LogP contribution is 2.22. The zero-order valence-electron chi connectivity index (χ0n) is 15.5. The molecule has 3 rings (SSSR count). The van der Waals surface area contributed by atoms with E-state index in [0.29, 0.717) is 5.56 Å². The molecule has 0 aliphatic rings. The first-order chi connectivity index (χ1) is 14.0. The minimum Gasteiger partial charge on any atom is -0.867 e. The molecule has 0 radical (unpaired) electrons. The van der Waals surface area contributed by atoms with Gasteiger partial charge in [0.25, 0.3) is 0 Å². The van der Waals surface area contributed by atoms with E-state index in [2.05, 4.69) is 10.1 Å². The van der Waals surface area contributed by atoms with Gasteiger partial charge in [-0.3, -0.25) is 0 Å². The Morgan fingerprint density at radius 3 is 2.28 bits per heavy atom. The molecule has 0 bridgehead atoms. The van der Waals surface area contributed by atoms with Crippen LogP contribution in [0.3, 0.4) is 0 Å². The number of aryl methyl sites for hydroxylation is 1. The van der Waals surface area contributed by atoms with Gasteiger partial charge in [-0.15, -0.1) is 0 Å². The number of anilines is 1. The van der Waals surface area contributed by atoms with E-state index in [4.69, 9.17) is 12.2 Å². The molecule has 29 heavy (non-hydrogen) atoms. The van der Waals surface area contributed by atoms with Gasteiger partial charge < -0.3 is 15.2 Å². The Hall–Kier alpha value is -3.32. The summed E-state index contributed by atoms with van der Waals surface area (Å²) >= 11 is 5.54. The van der Waals surface area contributed by atoms with E-state index in [9.17, 15) is 13.9 Å². The molecule has 0 saturated carbocycles. The summed E-state index contributed by atoms with van der Waals surface area (Å²) in [5, 5.41) is 16.3. The third-order valence-electron chi connectivity index (χ3n) is 4.14. The van der Waals surface area contributed by atoms with Crippen molar-refractivity contribution in [2.24, 2.45) is 0 Å². The molecule has 1 heterocycles. The summed E-state index contributed by atoms with van der Waals surface area (Å²) in [6, 6.07) is 18.5. The van der Waals surface area contributed by atoms with Crippen LogP contribution in [0.2, 0.25) is 0 Å². The predicted molar refractivity (Wildman–Crippen MR) is 110 cm³/mol. The summed E-state index contributed by atoms with van der Waals surface area (Å²) in [7, 11) is 0. The van der Waals surface area contributed by atoms with E-state index in [-0.39, 0.29) is 22.2 Å². The van der Waals surface area contributed by atoms with Crippen LogP contribution in [0, 0.1) is 6.92 Å². The van der Waals surface area contributed by atoms with Crippen molar-refractivity contribution in [1.82, 2.24) is 0 Å². The fraction of sp³-hybridized carbons (Fsp3) is 0.0909. The summed E-state index contributed by atoms with van der Waals surface area (Å²) in [5.74, 6) is -0.373. The average molecular weight is 412 g/mol. The van der Waals surface area contributed by atoms with Crippen LogP contribution in [0.1, 0.15) is 11.1 Å². The van der Waals surface area contributed by atoms with E-state index < -0.39 is 6.61 Å². The SMILES string of the molecule is Cc1ccccc1NC(=S)/C(=C(\[O-])c1ccc(OC(F)F)cc1)[n+]1ccccc1. The van der Waals surface area contributed by atoms with E-state index in [1.165, 1.54) is 24.3 Å². The van der Waals surface area contributed by atoms with Gasteiger partial charge in [-0.1, -0.05) is 48.6 Å². The van der Waals surface area contributed by atoms with Crippen LogP contribution >= 0.6 is 12.2 Å². The van der Waals surface area contributed by atoms with E-state index >= 15 is 0 Å². The molecule has 0 atom stereocenters. The number of benzene rings is 2. The molecule has 0 saturated heterocycles. The summed E-state index contributed by atoms with van der Waals surface area (Å²) < 4.78 is 30.7. The van der Waals surface area contributed by atoms with Gasteiger partial charge in [0.2, 0.25) is 5.70 Å². The standard InChI is InChI=1S/C22H18F2N2O2S/c1-15-7-3-4-8-18(15)25-21(29)19(26-13-5-2-6-14-26)20(27)16-9-11-17(12-10-16)28-22(23)24/h2-14,22H,1H3,(H-,25,27,29). The maximum Gasteiger partial charge on any atom is 0.387 e. The topological polar surface area (TPSA) is 48.2 Å². The maximum absolute atomic E-state index is 13.2. The number of pyridine rings is 1. The van der Waals surface area contributed by atoms with Gasteiger partial charge in [-0.05, 0) is 42.0 Å². The zero-order chi connectivity index (χ0) is 20.8. The molecule has 4 nitrogen and oxygen atoms in total. The Morgan fingerprint density at radius 1 is 1.00 bits per heavy atom. The molecule has 0 aliphatic heterocycles. The van der Waals surface area contributed by atoms with E-state index in [1.54, 1.807) is 29.1 Å². The smallest absolute Gasteiger partial charge is 0.387 e. The van der Waals surface area contributed by atoms with Gasteiger partial charge in [-0.2, -0.15) is 13.3 Å². The predicted octanol–water partition coefficient (Wildman–Crippen LogP) is 4.01. The number of para-hydroxylation sites is 1. The minimum absolute atomic E-state index is 0.0222. The fourth-order valence-electron chi connectivity index (χ4n) is 2.70. The molecule has 1 aromatic heterocycles. The molecule has 0 spiro atoms. The molecular weight excluding hydrogens is 394 g/mol. The lowest BCUT2D eigenvalue weighted by Gasteiger charge is -2.18.